The van der Waals surface area contributed by atoms with Crippen molar-refractivity contribution in [1.82, 2.24) is 19.8 Å². The Morgan fingerprint density at radius 3 is 2.63 bits per heavy atom. The summed E-state index contributed by atoms with van der Waals surface area (Å²) in [4.78, 5) is 54.7. The lowest BCUT2D eigenvalue weighted by molar-refractivity contribution is -0.123. The van der Waals surface area contributed by atoms with Crippen LogP contribution in [0.2, 0.25) is 0 Å². The van der Waals surface area contributed by atoms with E-state index in [-0.39, 0.29) is 31.0 Å². The fourth-order valence-corrected chi connectivity index (χ4v) is 3.86. The highest BCUT2D eigenvalue weighted by molar-refractivity contribution is 5.96. The van der Waals surface area contributed by atoms with Gasteiger partial charge in [0.1, 0.15) is 23.8 Å². The van der Waals surface area contributed by atoms with Crippen LogP contribution in [-0.2, 0) is 22.6 Å². The molecule has 11 heteroatoms. The molecule has 3 aromatic rings. The molecule has 0 radical (unpaired) electrons. The molecule has 1 atom stereocenters. The van der Waals surface area contributed by atoms with Crippen molar-refractivity contribution in [2.45, 2.75) is 45.7 Å². The van der Waals surface area contributed by atoms with Crippen LogP contribution in [0, 0.1) is 5.92 Å². The highest BCUT2D eigenvalue weighted by Crippen LogP contribution is 2.23. The summed E-state index contributed by atoms with van der Waals surface area (Å²) in [7, 11) is 3.21. The number of benzene rings is 1. The van der Waals surface area contributed by atoms with Gasteiger partial charge in [0.25, 0.3) is 5.56 Å². The fourth-order valence-electron chi connectivity index (χ4n) is 3.86. The molecule has 0 bridgehead atoms. The van der Waals surface area contributed by atoms with Crippen LogP contribution in [0.15, 0.2) is 57.9 Å². The van der Waals surface area contributed by atoms with Crippen molar-refractivity contribution in [3.8, 4) is 0 Å². The van der Waals surface area contributed by atoms with E-state index in [4.69, 9.17) is 9.52 Å². The van der Waals surface area contributed by atoms with Gasteiger partial charge in [-0.05, 0) is 55.0 Å². The molecule has 0 saturated carbocycles. The van der Waals surface area contributed by atoms with Crippen LogP contribution in [0.1, 0.15) is 38.1 Å². The summed E-state index contributed by atoms with van der Waals surface area (Å²) in [5, 5.41) is 13.8. The first-order valence-corrected chi connectivity index (χ1v) is 12.3. The predicted molar refractivity (Wildman–Crippen MR) is 143 cm³/mol. The predicted octanol–water partition coefficient (Wildman–Crippen LogP) is 3.24. The number of para-hydroxylation sites is 1. The van der Waals surface area contributed by atoms with E-state index in [0.29, 0.717) is 22.9 Å². The summed E-state index contributed by atoms with van der Waals surface area (Å²) >= 11 is 0. The van der Waals surface area contributed by atoms with Crippen molar-refractivity contribution in [2.75, 3.05) is 19.4 Å². The number of likely N-dealkylation sites (N-methyl/N-ethyl adjacent to an activating group) is 1. The number of nitrogens with zero attached hydrogens (tertiary/aromatic N) is 3. The molecule has 3 rings (SSSR count). The zero-order valence-electron chi connectivity index (χ0n) is 21.9. The van der Waals surface area contributed by atoms with Crippen LogP contribution in [0.5, 0.6) is 0 Å². The number of carbonyl (C=O) groups excluding carboxylic acids is 2. The second kappa shape index (κ2) is 12.7. The van der Waals surface area contributed by atoms with Crippen molar-refractivity contribution in [2.24, 2.45) is 5.92 Å². The molecule has 2 heterocycles. The third-order valence-corrected chi connectivity index (χ3v) is 5.69. The number of pyridine rings is 1. The van der Waals surface area contributed by atoms with Gasteiger partial charge >= 0.3 is 6.09 Å². The summed E-state index contributed by atoms with van der Waals surface area (Å²) in [6, 6.07) is 7.68. The highest BCUT2D eigenvalue weighted by Gasteiger charge is 2.21. The van der Waals surface area contributed by atoms with Crippen molar-refractivity contribution >= 4 is 34.7 Å². The second-order valence-corrected chi connectivity index (χ2v) is 9.53. The van der Waals surface area contributed by atoms with Crippen LogP contribution in [-0.4, -0.2) is 57.6 Å². The van der Waals surface area contributed by atoms with E-state index in [1.165, 1.54) is 21.6 Å². The number of hydrogen-bond acceptors (Lipinski definition) is 6. The van der Waals surface area contributed by atoms with Gasteiger partial charge in [-0.1, -0.05) is 32.1 Å². The van der Waals surface area contributed by atoms with Crippen LogP contribution in [0.25, 0.3) is 11.1 Å². The molecule has 38 heavy (non-hydrogen) atoms. The molecule has 1 unspecified atom stereocenters. The van der Waals surface area contributed by atoms with Gasteiger partial charge in [0.05, 0.1) is 0 Å². The molecule has 3 amide bonds. The van der Waals surface area contributed by atoms with E-state index in [1.54, 1.807) is 32.4 Å². The monoisotopic (exact) mass is 523 g/mol. The van der Waals surface area contributed by atoms with Gasteiger partial charge in [-0.15, -0.1) is 0 Å². The molecule has 2 aromatic heterocycles. The van der Waals surface area contributed by atoms with Crippen LogP contribution in [0.4, 0.5) is 10.5 Å². The number of anilines is 1. The number of allylic oxidation sites excluding steroid dienone is 1. The Kier molecular flexibility index (Phi) is 9.42. The molecule has 3 N–H and O–H groups in total. The summed E-state index contributed by atoms with van der Waals surface area (Å²) in [6.07, 6.45) is 4.29. The quantitative estimate of drug-likeness (QED) is 0.327. The maximum atomic E-state index is 13.1. The Morgan fingerprint density at radius 1 is 1.18 bits per heavy atom. The fraction of sp³-hybridized carbons (Fsp3) is 0.370. The maximum absolute atomic E-state index is 13.1. The van der Waals surface area contributed by atoms with Gasteiger partial charge in [0, 0.05) is 20.3 Å². The van der Waals surface area contributed by atoms with Gasteiger partial charge in [-0.2, -0.15) is 0 Å². The van der Waals surface area contributed by atoms with Crippen molar-refractivity contribution in [3.63, 3.8) is 0 Å². The average molecular weight is 524 g/mol. The standard InChI is InChI=1S/C27H33N5O6/c1-17(2)15-18-9-7-11-19-24(18)38-22(28-19)16-32-14-8-12-21(26(32)35)29-25(34)20(30-27(36)37)10-5-6-13-23(33)31(3)4/h6-9,11-14,17,20,30H,5,10,15-16H2,1-4H3,(H,29,34)(H,36,37)/b13-6+. The Labute approximate surface area is 220 Å². The first-order valence-electron chi connectivity index (χ1n) is 12.3. The Morgan fingerprint density at radius 2 is 1.95 bits per heavy atom. The molecule has 0 saturated heterocycles. The third kappa shape index (κ3) is 7.55. The minimum atomic E-state index is -1.38. The van der Waals surface area contributed by atoms with Crippen molar-refractivity contribution in [1.29, 1.82) is 0 Å². The average Bonchev–Trinajstić information content (AvgIpc) is 3.26. The van der Waals surface area contributed by atoms with E-state index >= 15 is 0 Å². The molecule has 0 aliphatic rings. The topological polar surface area (TPSA) is 147 Å². The van der Waals surface area contributed by atoms with Crippen LogP contribution < -0.4 is 16.2 Å². The van der Waals surface area contributed by atoms with Gasteiger partial charge in [0.15, 0.2) is 5.58 Å². The number of carboxylic acid groups (broad SMARTS) is 1. The number of aromatic nitrogens is 2. The lowest BCUT2D eigenvalue weighted by atomic mass is 10.0. The molecule has 1 aromatic carbocycles. The van der Waals surface area contributed by atoms with Gasteiger partial charge in [0.2, 0.25) is 17.7 Å². The van der Waals surface area contributed by atoms with E-state index < -0.39 is 23.6 Å². The van der Waals surface area contributed by atoms with E-state index in [9.17, 15) is 19.2 Å². The molecule has 0 fully saturated rings. The van der Waals surface area contributed by atoms with Crippen molar-refractivity contribution in [3.05, 3.63) is 70.5 Å². The van der Waals surface area contributed by atoms with E-state index in [2.05, 4.69) is 29.5 Å². The van der Waals surface area contributed by atoms with Gasteiger partial charge < -0.3 is 29.6 Å². The molecule has 0 aliphatic carbocycles. The highest BCUT2D eigenvalue weighted by atomic mass is 16.4. The SMILES string of the molecule is CC(C)Cc1cccc2nc(Cn3cccc(NC(=O)C(CC/C=C/C(=O)N(C)C)NC(=O)O)c3=O)oc12. The largest absolute Gasteiger partial charge is 0.465 e. The zero-order valence-corrected chi connectivity index (χ0v) is 21.9. The Hall–Kier alpha value is -4.41. The van der Waals surface area contributed by atoms with E-state index in [0.717, 1.165) is 12.0 Å². The molecule has 0 aliphatic heterocycles. The molecule has 11 nitrogen and oxygen atoms in total. The molecule has 0 spiro atoms. The molecular formula is C27H33N5O6. The number of nitrogens with one attached hydrogen (secondary N) is 2. The minimum absolute atomic E-state index is 0.00961. The summed E-state index contributed by atoms with van der Waals surface area (Å²) < 4.78 is 7.34. The lowest BCUT2D eigenvalue weighted by Gasteiger charge is -2.16. The lowest BCUT2D eigenvalue weighted by Crippen LogP contribution is -2.44. The minimum Gasteiger partial charge on any atom is -0.465 e. The third-order valence-electron chi connectivity index (χ3n) is 5.69. The van der Waals surface area contributed by atoms with E-state index in [1.807, 2.05) is 18.2 Å². The maximum Gasteiger partial charge on any atom is 0.405 e. The summed E-state index contributed by atoms with van der Waals surface area (Å²) in [5.41, 5.74) is 1.94. The smallest absolute Gasteiger partial charge is 0.405 e. The normalized spacial score (nSPS) is 12.1. The van der Waals surface area contributed by atoms with Crippen LogP contribution >= 0.6 is 0 Å². The zero-order chi connectivity index (χ0) is 27.8. The number of carbonyl (C=O) groups is 3. The Bertz CT molecular complexity index is 1390. The summed E-state index contributed by atoms with van der Waals surface area (Å²) in [5.74, 6) is -0.119. The first-order chi connectivity index (χ1) is 18.0. The van der Waals surface area contributed by atoms with Crippen LogP contribution in [0.3, 0.4) is 0 Å². The molecular weight excluding hydrogens is 490 g/mol. The number of hydrogen-bond donors (Lipinski definition) is 3. The summed E-state index contributed by atoms with van der Waals surface area (Å²) in [6.45, 7) is 4.30. The van der Waals surface area contributed by atoms with Gasteiger partial charge in [-0.25, -0.2) is 9.78 Å². The number of oxazole rings is 1. The number of fused-ring (bicyclic) bond motifs is 1. The number of amides is 3. The first kappa shape index (κ1) is 28.2. The number of rotatable bonds is 11. The molecule has 202 valence electrons. The Balaban J connectivity index is 1.74. The van der Waals surface area contributed by atoms with Gasteiger partial charge in [-0.3, -0.25) is 14.4 Å². The van der Waals surface area contributed by atoms with Crippen molar-refractivity contribution < 1.29 is 23.9 Å². The second-order valence-electron chi connectivity index (χ2n) is 9.53.